The van der Waals surface area contributed by atoms with Crippen LogP contribution in [0.5, 0.6) is 0 Å². The fraction of sp³-hybridized carbons (Fsp3) is 0.308. The highest BCUT2D eigenvalue weighted by Crippen LogP contribution is 2.03. The molecular weight excluding hydrogens is 198 g/mol. The lowest BCUT2D eigenvalue weighted by molar-refractivity contribution is 0.614. The maximum Gasteiger partial charge on any atom is 0.0522 e. The van der Waals surface area contributed by atoms with Gasteiger partial charge in [-0.1, -0.05) is 30.3 Å². The minimum atomic E-state index is 0.685. The van der Waals surface area contributed by atoms with E-state index in [1.165, 1.54) is 11.1 Å². The van der Waals surface area contributed by atoms with Crippen molar-refractivity contribution in [1.82, 2.24) is 9.78 Å². The van der Waals surface area contributed by atoms with Crippen LogP contribution in [0.4, 0.5) is 0 Å². The van der Waals surface area contributed by atoms with Crippen LogP contribution in [0.3, 0.4) is 0 Å². The van der Waals surface area contributed by atoms with Gasteiger partial charge in [-0.15, -0.1) is 0 Å². The van der Waals surface area contributed by atoms with E-state index < -0.39 is 0 Å². The molecule has 0 unspecified atom stereocenters. The molecule has 0 saturated heterocycles. The maximum atomic E-state index is 5.50. The highest BCUT2D eigenvalue weighted by Gasteiger charge is 1.98. The van der Waals surface area contributed by atoms with Gasteiger partial charge in [-0.25, -0.2) is 0 Å². The van der Waals surface area contributed by atoms with E-state index in [1.54, 1.807) is 0 Å². The molecule has 0 spiro atoms. The zero-order chi connectivity index (χ0) is 11.2. The Kier molecular flexibility index (Phi) is 3.72. The van der Waals surface area contributed by atoms with Gasteiger partial charge in [0.2, 0.25) is 0 Å². The molecule has 0 amide bonds. The van der Waals surface area contributed by atoms with Crippen LogP contribution in [-0.2, 0) is 19.4 Å². The van der Waals surface area contributed by atoms with E-state index in [4.69, 9.17) is 5.73 Å². The van der Waals surface area contributed by atoms with Gasteiger partial charge in [-0.2, -0.15) is 5.10 Å². The predicted octanol–water partition coefficient (Wildman–Crippen LogP) is 1.63. The van der Waals surface area contributed by atoms with Crippen LogP contribution in [0.1, 0.15) is 11.1 Å². The Labute approximate surface area is 95.9 Å². The number of rotatable bonds is 5. The Morgan fingerprint density at radius 3 is 2.62 bits per heavy atom. The summed E-state index contributed by atoms with van der Waals surface area (Å²) in [6.45, 7) is 1.61. The van der Waals surface area contributed by atoms with Crippen molar-refractivity contribution in [2.24, 2.45) is 5.73 Å². The molecule has 1 heterocycles. The minimum absolute atomic E-state index is 0.685. The smallest absolute Gasteiger partial charge is 0.0522 e. The summed E-state index contributed by atoms with van der Waals surface area (Å²) in [6, 6.07) is 10.5. The standard InChI is InChI=1S/C13H17N3/c14-8-6-13-10-15-16(11-13)9-7-12-4-2-1-3-5-12/h1-5,10-11H,6-9,14H2. The molecule has 1 aromatic carbocycles. The highest BCUT2D eigenvalue weighted by molar-refractivity contribution is 5.14. The molecule has 2 rings (SSSR count). The maximum absolute atomic E-state index is 5.50. The molecule has 0 radical (unpaired) electrons. The van der Waals surface area contributed by atoms with Crippen molar-refractivity contribution in [2.75, 3.05) is 6.54 Å². The Balaban J connectivity index is 1.89. The Morgan fingerprint density at radius 2 is 1.88 bits per heavy atom. The van der Waals surface area contributed by atoms with Crippen LogP contribution in [0.25, 0.3) is 0 Å². The van der Waals surface area contributed by atoms with Gasteiger partial charge < -0.3 is 5.73 Å². The zero-order valence-corrected chi connectivity index (χ0v) is 9.34. The van der Waals surface area contributed by atoms with Gasteiger partial charge in [0.1, 0.15) is 0 Å². The zero-order valence-electron chi connectivity index (χ0n) is 9.34. The SMILES string of the molecule is NCCc1cnn(CCc2ccccc2)c1. The molecule has 0 bridgehead atoms. The van der Waals surface area contributed by atoms with Crippen LogP contribution >= 0.6 is 0 Å². The molecule has 3 nitrogen and oxygen atoms in total. The third-order valence-electron chi connectivity index (χ3n) is 2.59. The Hall–Kier alpha value is -1.61. The lowest BCUT2D eigenvalue weighted by Gasteiger charge is -2.01. The molecule has 1 aromatic heterocycles. The molecule has 2 N–H and O–H groups in total. The van der Waals surface area contributed by atoms with E-state index in [9.17, 15) is 0 Å². The van der Waals surface area contributed by atoms with E-state index >= 15 is 0 Å². The second-order valence-electron chi connectivity index (χ2n) is 3.89. The van der Waals surface area contributed by atoms with Crippen molar-refractivity contribution in [1.29, 1.82) is 0 Å². The van der Waals surface area contributed by atoms with E-state index in [2.05, 4.69) is 35.6 Å². The second-order valence-corrected chi connectivity index (χ2v) is 3.89. The fourth-order valence-electron chi connectivity index (χ4n) is 1.71. The van der Waals surface area contributed by atoms with E-state index in [1.807, 2.05) is 16.9 Å². The summed E-state index contributed by atoms with van der Waals surface area (Å²) in [7, 11) is 0. The first kappa shape index (κ1) is 10.9. The van der Waals surface area contributed by atoms with Crippen molar-refractivity contribution in [3.05, 3.63) is 53.9 Å². The van der Waals surface area contributed by atoms with Crippen LogP contribution in [0, 0.1) is 0 Å². The van der Waals surface area contributed by atoms with Crippen molar-refractivity contribution < 1.29 is 0 Å². The lowest BCUT2D eigenvalue weighted by Crippen LogP contribution is -2.03. The van der Waals surface area contributed by atoms with Gasteiger partial charge in [0.25, 0.3) is 0 Å². The molecule has 0 aliphatic rings. The van der Waals surface area contributed by atoms with Crippen molar-refractivity contribution >= 4 is 0 Å². The van der Waals surface area contributed by atoms with Crippen LogP contribution in [-0.4, -0.2) is 16.3 Å². The number of nitrogens with two attached hydrogens (primary N) is 1. The number of hydrogen-bond donors (Lipinski definition) is 1. The number of hydrogen-bond acceptors (Lipinski definition) is 2. The van der Waals surface area contributed by atoms with Crippen molar-refractivity contribution in [3.8, 4) is 0 Å². The summed E-state index contributed by atoms with van der Waals surface area (Å²) in [4.78, 5) is 0. The number of aromatic nitrogens is 2. The molecule has 84 valence electrons. The second kappa shape index (κ2) is 5.47. The molecule has 2 aromatic rings. The van der Waals surface area contributed by atoms with Crippen LogP contribution < -0.4 is 5.73 Å². The monoisotopic (exact) mass is 215 g/mol. The number of aryl methyl sites for hydroxylation is 2. The van der Waals surface area contributed by atoms with E-state index in [-0.39, 0.29) is 0 Å². The molecule has 16 heavy (non-hydrogen) atoms. The predicted molar refractivity (Wildman–Crippen MR) is 65.1 cm³/mol. The van der Waals surface area contributed by atoms with Gasteiger partial charge >= 0.3 is 0 Å². The van der Waals surface area contributed by atoms with E-state index in [0.717, 1.165) is 19.4 Å². The lowest BCUT2D eigenvalue weighted by atomic mass is 10.1. The first-order valence-corrected chi connectivity index (χ1v) is 5.64. The molecular formula is C13H17N3. The van der Waals surface area contributed by atoms with Gasteiger partial charge in [0.15, 0.2) is 0 Å². The van der Waals surface area contributed by atoms with Gasteiger partial charge in [-0.05, 0) is 30.5 Å². The summed E-state index contributed by atoms with van der Waals surface area (Å²) >= 11 is 0. The summed E-state index contributed by atoms with van der Waals surface area (Å²) in [5.41, 5.74) is 8.06. The number of benzene rings is 1. The molecule has 0 aliphatic carbocycles. The van der Waals surface area contributed by atoms with Crippen molar-refractivity contribution in [3.63, 3.8) is 0 Å². The minimum Gasteiger partial charge on any atom is -0.330 e. The first-order chi connectivity index (χ1) is 7.88. The van der Waals surface area contributed by atoms with Crippen LogP contribution in [0.15, 0.2) is 42.7 Å². The average Bonchev–Trinajstić information content (AvgIpc) is 2.76. The summed E-state index contributed by atoms with van der Waals surface area (Å²) in [5.74, 6) is 0. The van der Waals surface area contributed by atoms with Gasteiger partial charge in [0, 0.05) is 12.7 Å². The van der Waals surface area contributed by atoms with Gasteiger partial charge in [-0.3, -0.25) is 4.68 Å². The third kappa shape index (κ3) is 2.94. The number of nitrogens with zero attached hydrogens (tertiary/aromatic N) is 2. The van der Waals surface area contributed by atoms with Crippen LogP contribution in [0.2, 0.25) is 0 Å². The molecule has 0 aliphatic heterocycles. The molecule has 3 heteroatoms. The molecule has 0 fully saturated rings. The molecule has 0 atom stereocenters. The highest BCUT2D eigenvalue weighted by atomic mass is 15.3. The Bertz CT molecular complexity index is 420. The summed E-state index contributed by atoms with van der Waals surface area (Å²) < 4.78 is 1.98. The molecule has 0 saturated carbocycles. The first-order valence-electron chi connectivity index (χ1n) is 5.64. The van der Waals surface area contributed by atoms with Gasteiger partial charge in [0.05, 0.1) is 6.20 Å². The third-order valence-corrected chi connectivity index (χ3v) is 2.59. The van der Waals surface area contributed by atoms with E-state index in [0.29, 0.717) is 6.54 Å². The Morgan fingerprint density at radius 1 is 1.06 bits per heavy atom. The average molecular weight is 215 g/mol. The topological polar surface area (TPSA) is 43.8 Å². The largest absolute Gasteiger partial charge is 0.330 e. The quantitative estimate of drug-likeness (QED) is 0.823. The van der Waals surface area contributed by atoms with Crippen molar-refractivity contribution in [2.45, 2.75) is 19.4 Å². The normalized spacial score (nSPS) is 10.6. The fourth-order valence-corrected chi connectivity index (χ4v) is 1.71. The summed E-state index contributed by atoms with van der Waals surface area (Å²) in [5, 5.41) is 4.31. The summed E-state index contributed by atoms with van der Waals surface area (Å²) in [6.07, 6.45) is 5.91.